The number of halogens is 2. The second kappa shape index (κ2) is 7.76. The van der Waals surface area contributed by atoms with Crippen LogP contribution in [0, 0.1) is 12.7 Å². The summed E-state index contributed by atoms with van der Waals surface area (Å²) in [5.74, 6) is -0.771. The lowest BCUT2D eigenvalue weighted by atomic mass is 9.95. The van der Waals surface area contributed by atoms with Crippen LogP contribution in [0.5, 0.6) is 5.75 Å². The molecule has 6 nitrogen and oxygen atoms in total. The molecule has 0 bridgehead atoms. The number of hydrogen-bond donors (Lipinski definition) is 2. The van der Waals surface area contributed by atoms with Crippen LogP contribution in [0.4, 0.5) is 4.39 Å². The Labute approximate surface area is 188 Å². The third kappa shape index (κ3) is 3.22. The number of benzene rings is 2. The molecule has 2 N–H and O–H groups in total. The molecule has 0 saturated carbocycles. The molecule has 0 fully saturated rings. The van der Waals surface area contributed by atoms with Crippen LogP contribution < -0.4 is 0 Å². The second-order valence-electron chi connectivity index (χ2n) is 7.70. The molecule has 0 spiro atoms. The van der Waals surface area contributed by atoms with Crippen molar-refractivity contribution in [1.29, 1.82) is 0 Å². The van der Waals surface area contributed by atoms with Gasteiger partial charge >= 0.3 is 0 Å². The Balaban J connectivity index is 1.70. The molecule has 1 atom stereocenters. The zero-order valence-electron chi connectivity index (χ0n) is 17.0. The van der Waals surface area contributed by atoms with Crippen molar-refractivity contribution < 1.29 is 14.3 Å². The summed E-state index contributed by atoms with van der Waals surface area (Å²) < 4.78 is 15.0. The molecule has 160 valence electrons. The van der Waals surface area contributed by atoms with Crippen molar-refractivity contribution in [3.05, 3.63) is 99.7 Å². The zero-order valence-corrected chi connectivity index (χ0v) is 17.8. The van der Waals surface area contributed by atoms with Gasteiger partial charge in [-0.3, -0.25) is 14.9 Å². The van der Waals surface area contributed by atoms with Gasteiger partial charge in [0.05, 0.1) is 6.04 Å². The topological polar surface area (TPSA) is 82.1 Å². The Morgan fingerprint density at radius 1 is 1.22 bits per heavy atom. The molecule has 4 aromatic rings. The first-order valence-corrected chi connectivity index (χ1v) is 10.4. The molecule has 3 heterocycles. The number of H-pyrrole nitrogens is 1. The number of fused-ring (bicyclic) bond motifs is 1. The lowest BCUT2D eigenvalue weighted by Gasteiger charge is -2.26. The van der Waals surface area contributed by atoms with E-state index in [1.54, 1.807) is 60.6 Å². The van der Waals surface area contributed by atoms with Crippen LogP contribution in [0.3, 0.4) is 0 Å². The van der Waals surface area contributed by atoms with Crippen LogP contribution in [0.2, 0.25) is 5.02 Å². The summed E-state index contributed by atoms with van der Waals surface area (Å²) >= 11 is 6.30. The van der Waals surface area contributed by atoms with E-state index < -0.39 is 11.9 Å². The maximum Gasteiger partial charge on any atom is 0.273 e. The lowest BCUT2D eigenvalue weighted by Crippen LogP contribution is -2.29. The molecule has 1 aliphatic rings. The molecule has 8 heteroatoms. The van der Waals surface area contributed by atoms with Gasteiger partial charge in [0, 0.05) is 40.7 Å². The van der Waals surface area contributed by atoms with Crippen molar-refractivity contribution in [2.75, 3.05) is 0 Å². The molecule has 32 heavy (non-hydrogen) atoms. The number of nitrogens with zero attached hydrogens (tertiary/aromatic N) is 3. The Kier molecular flexibility index (Phi) is 4.90. The highest BCUT2D eigenvalue weighted by Gasteiger charge is 2.43. The Morgan fingerprint density at radius 3 is 2.78 bits per heavy atom. The van der Waals surface area contributed by atoms with Gasteiger partial charge in [0.25, 0.3) is 5.91 Å². The van der Waals surface area contributed by atoms with Crippen LogP contribution in [0.25, 0.3) is 11.3 Å². The quantitative estimate of drug-likeness (QED) is 0.459. The fourth-order valence-electron chi connectivity index (χ4n) is 4.13. The van der Waals surface area contributed by atoms with Gasteiger partial charge in [-0.25, -0.2) is 4.39 Å². The van der Waals surface area contributed by atoms with E-state index in [4.69, 9.17) is 11.6 Å². The minimum atomic E-state index is -0.743. The van der Waals surface area contributed by atoms with Crippen LogP contribution in [-0.2, 0) is 6.54 Å². The minimum absolute atomic E-state index is 0.0216. The molecule has 2 aromatic carbocycles. The van der Waals surface area contributed by atoms with Gasteiger partial charge in [-0.2, -0.15) is 5.10 Å². The first-order valence-electron chi connectivity index (χ1n) is 9.97. The molecule has 2 aromatic heterocycles. The maximum atomic E-state index is 15.0. The molecule has 1 aliphatic heterocycles. The highest BCUT2D eigenvalue weighted by Crippen LogP contribution is 2.46. The molecular formula is C24H18ClFN4O2. The van der Waals surface area contributed by atoms with Crippen molar-refractivity contribution in [1.82, 2.24) is 20.1 Å². The highest BCUT2D eigenvalue weighted by atomic mass is 35.5. The number of carbonyl (C=O) groups is 1. The van der Waals surface area contributed by atoms with Gasteiger partial charge in [0.2, 0.25) is 0 Å². The number of aromatic hydroxyl groups is 1. The normalized spacial score (nSPS) is 15.3. The van der Waals surface area contributed by atoms with Gasteiger partial charge in [-0.1, -0.05) is 35.9 Å². The number of carbonyl (C=O) groups excluding carboxylic acids is 1. The standard InChI is InChI=1S/C24H18ClFN4O2/c1-13-9-19(31)16(10-17(13)25)21-20-22(29-28-21)24(32)30(12-14-5-4-8-27-11-14)23(20)15-6-2-3-7-18(15)26/h2-11,23,31H,12H2,1H3,(H,28,29). The highest BCUT2D eigenvalue weighted by molar-refractivity contribution is 6.31. The molecule has 1 amide bonds. The van der Waals surface area contributed by atoms with Crippen molar-refractivity contribution in [2.45, 2.75) is 19.5 Å². The van der Waals surface area contributed by atoms with E-state index in [0.29, 0.717) is 33.0 Å². The average Bonchev–Trinajstić information content (AvgIpc) is 3.32. The fourth-order valence-corrected chi connectivity index (χ4v) is 4.29. The summed E-state index contributed by atoms with van der Waals surface area (Å²) in [7, 11) is 0. The number of pyridine rings is 1. The van der Waals surface area contributed by atoms with Gasteiger partial charge in [0.15, 0.2) is 0 Å². The largest absolute Gasteiger partial charge is 0.507 e. The summed E-state index contributed by atoms with van der Waals surface area (Å²) in [4.78, 5) is 19.1. The third-order valence-electron chi connectivity index (χ3n) is 5.67. The first kappa shape index (κ1) is 20.2. The smallest absolute Gasteiger partial charge is 0.273 e. The number of nitrogens with one attached hydrogen (secondary N) is 1. The number of rotatable bonds is 4. The molecule has 0 aliphatic carbocycles. The van der Waals surface area contributed by atoms with Crippen LogP contribution in [-0.4, -0.2) is 31.1 Å². The number of amides is 1. The van der Waals surface area contributed by atoms with Gasteiger partial charge in [0.1, 0.15) is 23.0 Å². The van der Waals surface area contributed by atoms with Crippen LogP contribution >= 0.6 is 11.6 Å². The van der Waals surface area contributed by atoms with Gasteiger partial charge < -0.3 is 10.0 Å². The van der Waals surface area contributed by atoms with E-state index in [2.05, 4.69) is 15.2 Å². The van der Waals surface area contributed by atoms with E-state index in [0.717, 1.165) is 5.56 Å². The van der Waals surface area contributed by atoms with Crippen molar-refractivity contribution in [3.63, 3.8) is 0 Å². The van der Waals surface area contributed by atoms with Crippen LogP contribution in [0.1, 0.15) is 38.8 Å². The second-order valence-corrected chi connectivity index (χ2v) is 8.11. The summed E-state index contributed by atoms with van der Waals surface area (Å²) in [6.45, 7) is 2.01. The predicted octanol–water partition coefficient (Wildman–Crippen LogP) is 5.02. The molecule has 0 radical (unpaired) electrons. The van der Waals surface area contributed by atoms with Crippen molar-refractivity contribution in [2.24, 2.45) is 0 Å². The summed E-state index contributed by atoms with van der Waals surface area (Å²) in [6.07, 6.45) is 3.32. The maximum absolute atomic E-state index is 15.0. The third-order valence-corrected chi connectivity index (χ3v) is 6.08. The van der Waals surface area contributed by atoms with Gasteiger partial charge in [-0.15, -0.1) is 0 Å². The van der Waals surface area contributed by atoms with Gasteiger partial charge in [-0.05, 0) is 42.3 Å². The molecular weight excluding hydrogens is 431 g/mol. The van der Waals surface area contributed by atoms with Crippen molar-refractivity contribution in [3.8, 4) is 17.0 Å². The number of aryl methyl sites for hydroxylation is 1. The van der Waals surface area contributed by atoms with E-state index in [1.807, 2.05) is 6.07 Å². The summed E-state index contributed by atoms with van der Waals surface area (Å²) in [5.41, 5.74) is 3.34. The monoisotopic (exact) mass is 448 g/mol. The van der Waals surface area contributed by atoms with Crippen molar-refractivity contribution >= 4 is 17.5 Å². The number of hydrogen-bond acceptors (Lipinski definition) is 4. The summed E-state index contributed by atoms with van der Waals surface area (Å²) in [6, 6.07) is 12.4. The Bertz CT molecular complexity index is 1340. The Hall–Kier alpha value is -3.71. The first-order chi connectivity index (χ1) is 15.5. The number of aromatic amines is 1. The summed E-state index contributed by atoms with van der Waals surface area (Å²) in [5, 5.41) is 18.2. The molecule has 0 saturated heterocycles. The number of aromatic nitrogens is 3. The van der Waals surface area contributed by atoms with E-state index in [1.165, 1.54) is 6.07 Å². The fraction of sp³-hybridized carbons (Fsp3) is 0.125. The molecule has 1 unspecified atom stereocenters. The number of phenols is 1. The lowest BCUT2D eigenvalue weighted by molar-refractivity contribution is 0.0728. The van der Waals surface area contributed by atoms with E-state index in [-0.39, 0.29) is 23.9 Å². The van der Waals surface area contributed by atoms with Crippen LogP contribution in [0.15, 0.2) is 60.9 Å². The van der Waals surface area contributed by atoms with E-state index >= 15 is 0 Å². The Morgan fingerprint density at radius 2 is 2.03 bits per heavy atom. The predicted molar refractivity (Wildman–Crippen MR) is 118 cm³/mol. The molecule has 5 rings (SSSR count). The number of phenolic OH excluding ortho intramolecular Hbond substituents is 1. The zero-order chi connectivity index (χ0) is 22.4. The SMILES string of the molecule is Cc1cc(O)c(-c2n[nH]c3c2C(c2ccccc2F)N(Cc2cccnc2)C3=O)cc1Cl. The average molecular weight is 449 g/mol. The van der Waals surface area contributed by atoms with E-state index in [9.17, 15) is 14.3 Å². The minimum Gasteiger partial charge on any atom is -0.507 e.